The summed E-state index contributed by atoms with van der Waals surface area (Å²) in [6, 6.07) is 15.8. The zero-order chi connectivity index (χ0) is 28.5. The third-order valence-corrected chi connectivity index (χ3v) is 7.26. The number of pyridine rings is 1. The number of hydroxylamine groups is 1. The minimum absolute atomic E-state index is 0.0362. The van der Waals surface area contributed by atoms with Gasteiger partial charge in [-0.2, -0.15) is 5.26 Å². The van der Waals surface area contributed by atoms with Crippen molar-refractivity contribution in [2.24, 2.45) is 5.73 Å². The number of hydrogen-bond donors (Lipinski definition) is 3. The molecule has 0 atom stereocenters. The summed E-state index contributed by atoms with van der Waals surface area (Å²) in [7, 11) is 0. The predicted molar refractivity (Wildman–Crippen MR) is 153 cm³/mol. The molecule has 10 heteroatoms. The number of rotatable bonds is 11. The van der Waals surface area contributed by atoms with Crippen LogP contribution in [0.15, 0.2) is 48.5 Å². The Labute approximate surface area is 238 Å². The van der Waals surface area contributed by atoms with Crippen LogP contribution in [-0.2, 0) is 4.79 Å². The Bertz CT molecular complexity index is 1350. The molecule has 1 fully saturated rings. The van der Waals surface area contributed by atoms with Crippen molar-refractivity contribution < 1.29 is 19.1 Å². The maximum absolute atomic E-state index is 14.8. The van der Waals surface area contributed by atoms with Crippen molar-refractivity contribution in [3.63, 3.8) is 0 Å². The molecule has 1 saturated heterocycles. The number of halogens is 2. The summed E-state index contributed by atoms with van der Waals surface area (Å²) in [5.41, 5.74) is 10.3. The number of nitriles is 1. The molecule has 2 aromatic carbocycles. The fraction of sp³-hybridized carbons (Fsp3) is 0.367. The van der Waals surface area contributed by atoms with Crippen molar-refractivity contribution in [1.82, 2.24) is 10.5 Å². The molecule has 40 heavy (non-hydrogen) atoms. The third kappa shape index (κ3) is 7.48. The Morgan fingerprint density at radius 3 is 2.50 bits per heavy atom. The Morgan fingerprint density at radius 2 is 1.82 bits per heavy atom. The van der Waals surface area contributed by atoms with Crippen LogP contribution in [0.4, 0.5) is 10.2 Å². The second-order valence-corrected chi connectivity index (χ2v) is 10.3. The highest BCUT2D eigenvalue weighted by Gasteiger charge is 2.23. The summed E-state index contributed by atoms with van der Waals surface area (Å²) in [6.45, 7) is 1.93. The molecular formula is C30H33ClFN5O3. The van der Waals surface area contributed by atoms with Crippen LogP contribution in [0.25, 0.3) is 22.4 Å². The lowest BCUT2D eigenvalue weighted by Gasteiger charge is -2.32. The summed E-state index contributed by atoms with van der Waals surface area (Å²) >= 11 is 6.18. The number of nitrogens with two attached hydrogens (primary N) is 1. The molecule has 1 aromatic heterocycles. The van der Waals surface area contributed by atoms with E-state index in [1.165, 1.54) is 12.1 Å². The first-order valence-electron chi connectivity index (χ1n) is 13.5. The quantitative estimate of drug-likeness (QED) is 0.151. The number of carbonyl (C=O) groups is 1. The first-order chi connectivity index (χ1) is 19.4. The average molecular weight is 566 g/mol. The van der Waals surface area contributed by atoms with Crippen LogP contribution in [0, 0.1) is 17.1 Å². The second kappa shape index (κ2) is 14.1. The van der Waals surface area contributed by atoms with E-state index in [1.54, 1.807) is 23.7 Å². The zero-order valence-electron chi connectivity index (χ0n) is 22.2. The molecule has 3 aromatic rings. The highest BCUT2D eigenvalue weighted by Crippen LogP contribution is 2.41. The van der Waals surface area contributed by atoms with Crippen molar-refractivity contribution in [3.05, 3.63) is 64.9 Å². The van der Waals surface area contributed by atoms with Crippen molar-refractivity contribution in [2.75, 3.05) is 24.6 Å². The van der Waals surface area contributed by atoms with Gasteiger partial charge in [-0.05, 0) is 55.5 Å². The monoisotopic (exact) mass is 565 g/mol. The number of benzene rings is 2. The number of piperidine rings is 1. The molecule has 8 nitrogen and oxygen atoms in total. The van der Waals surface area contributed by atoms with Crippen LogP contribution in [0.1, 0.15) is 50.5 Å². The number of unbranched alkanes of at least 4 members (excludes halogenated alkanes) is 3. The molecule has 210 valence electrons. The smallest absolute Gasteiger partial charge is 0.243 e. The fourth-order valence-electron chi connectivity index (χ4n) is 4.75. The van der Waals surface area contributed by atoms with E-state index in [-0.39, 0.29) is 18.0 Å². The maximum atomic E-state index is 14.8. The number of amides is 1. The van der Waals surface area contributed by atoms with E-state index in [9.17, 15) is 14.4 Å². The van der Waals surface area contributed by atoms with Gasteiger partial charge in [0.05, 0.1) is 23.4 Å². The molecule has 4 N–H and O–H groups in total. The van der Waals surface area contributed by atoms with Crippen molar-refractivity contribution in [1.29, 1.82) is 5.26 Å². The molecule has 0 saturated carbocycles. The van der Waals surface area contributed by atoms with Gasteiger partial charge in [-0.3, -0.25) is 10.0 Å². The number of hydrogen-bond acceptors (Lipinski definition) is 7. The average Bonchev–Trinajstić information content (AvgIpc) is 2.97. The van der Waals surface area contributed by atoms with Gasteiger partial charge in [0.1, 0.15) is 23.5 Å². The molecular weight excluding hydrogens is 533 g/mol. The minimum Gasteiger partial charge on any atom is -0.493 e. The maximum Gasteiger partial charge on any atom is 0.243 e. The predicted octanol–water partition coefficient (Wildman–Crippen LogP) is 5.84. The summed E-state index contributed by atoms with van der Waals surface area (Å²) in [5, 5.41) is 18.5. The van der Waals surface area contributed by atoms with Gasteiger partial charge >= 0.3 is 0 Å². The van der Waals surface area contributed by atoms with Crippen LogP contribution in [0.5, 0.6) is 5.75 Å². The van der Waals surface area contributed by atoms with Crippen LogP contribution in [0.2, 0.25) is 5.02 Å². The van der Waals surface area contributed by atoms with E-state index in [4.69, 9.17) is 32.3 Å². The number of carbonyl (C=O) groups excluding carboxylic acids is 1. The summed E-state index contributed by atoms with van der Waals surface area (Å²) in [5.74, 6) is 0.324. The minimum atomic E-state index is -0.615. The van der Waals surface area contributed by atoms with Gasteiger partial charge in [0.2, 0.25) is 5.91 Å². The van der Waals surface area contributed by atoms with Gasteiger partial charge in [-0.15, -0.1) is 0 Å². The normalized spacial score (nSPS) is 13.6. The molecule has 1 amide bonds. The lowest BCUT2D eigenvalue weighted by molar-refractivity contribution is -0.129. The van der Waals surface area contributed by atoms with Crippen molar-refractivity contribution in [2.45, 2.75) is 51.0 Å². The topological polar surface area (TPSA) is 125 Å². The molecule has 0 spiro atoms. The number of nitrogens with one attached hydrogen (secondary N) is 1. The first kappa shape index (κ1) is 29.3. The molecule has 4 rings (SSSR count). The number of aromatic nitrogens is 1. The van der Waals surface area contributed by atoms with Crippen LogP contribution < -0.4 is 20.9 Å². The second-order valence-electron chi connectivity index (χ2n) is 9.89. The van der Waals surface area contributed by atoms with Gasteiger partial charge in [0, 0.05) is 42.2 Å². The highest BCUT2D eigenvalue weighted by molar-refractivity contribution is 6.30. The van der Waals surface area contributed by atoms with E-state index in [0.717, 1.165) is 56.6 Å². The Kier molecular flexibility index (Phi) is 10.3. The number of ether oxygens (including phenoxy) is 1. The SMILES string of the molecule is N#Cc1ccc(-c2nc(N3CCC(N)CC3)cc(OCCCCCCC(=O)NO)c2-c2ccc(Cl)cc2)cc1F. The first-order valence-corrected chi connectivity index (χ1v) is 13.8. The van der Waals surface area contributed by atoms with Gasteiger partial charge in [0.25, 0.3) is 0 Å². The lowest BCUT2D eigenvalue weighted by Crippen LogP contribution is -2.40. The standard InChI is InChI=1S/C30H33ClFN5O3/c31-23-10-8-20(9-11-23)29-26(40-16-4-2-1-3-5-28(38)36-39)18-27(37-14-12-24(34)13-15-37)35-30(29)21-6-7-22(19-33)25(32)17-21/h6-11,17-18,24,39H,1-5,12-16,34H2,(H,36,38). The highest BCUT2D eigenvalue weighted by atomic mass is 35.5. The third-order valence-electron chi connectivity index (χ3n) is 7.01. The zero-order valence-corrected chi connectivity index (χ0v) is 23.0. The van der Waals surface area contributed by atoms with Gasteiger partial charge < -0.3 is 15.4 Å². The molecule has 2 heterocycles. The fourth-order valence-corrected chi connectivity index (χ4v) is 4.88. The molecule has 0 radical (unpaired) electrons. The Balaban J connectivity index is 1.70. The van der Waals surface area contributed by atoms with E-state index in [1.807, 2.05) is 24.3 Å². The molecule has 1 aliphatic rings. The summed E-state index contributed by atoms with van der Waals surface area (Å²) < 4.78 is 21.2. The molecule has 0 unspecified atom stereocenters. The number of anilines is 1. The van der Waals surface area contributed by atoms with Crippen molar-refractivity contribution in [3.8, 4) is 34.2 Å². The van der Waals surface area contributed by atoms with Gasteiger partial charge in [0.15, 0.2) is 0 Å². The lowest BCUT2D eigenvalue weighted by atomic mass is 9.97. The van der Waals surface area contributed by atoms with Crippen molar-refractivity contribution >= 4 is 23.3 Å². The van der Waals surface area contributed by atoms with E-state index >= 15 is 0 Å². The largest absolute Gasteiger partial charge is 0.493 e. The summed E-state index contributed by atoms with van der Waals surface area (Å²) in [4.78, 5) is 18.4. The molecule has 1 aliphatic heterocycles. The van der Waals surface area contributed by atoms with Gasteiger partial charge in [-0.1, -0.05) is 42.6 Å². The van der Waals surface area contributed by atoms with E-state index in [0.29, 0.717) is 40.6 Å². The van der Waals surface area contributed by atoms with Crippen LogP contribution in [0.3, 0.4) is 0 Å². The Hall–Kier alpha value is -3.71. The van der Waals surface area contributed by atoms with Gasteiger partial charge in [-0.25, -0.2) is 14.9 Å². The van der Waals surface area contributed by atoms with Crippen LogP contribution >= 0.6 is 11.6 Å². The summed E-state index contributed by atoms with van der Waals surface area (Å²) in [6.07, 6.45) is 5.07. The number of nitrogens with zero attached hydrogens (tertiary/aromatic N) is 3. The molecule has 0 aliphatic carbocycles. The van der Waals surface area contributed by atoms with E-state index < -0.39 is 11.7 Å². The molecule has 0 bridgehead atoms. The van der Waals surface area contributed by atoms with E-state index in [2.05, 4.69) is 4.90 Å². The van der Waals surface area contributed by atoms with Crippen LogP contribution in [-0.4, -0.2) is 41.8 Å². The Morgan fingerprint density at radius 1 is 1.12 bits per heavy atom.